The molecule has 7 aromatic rings. The number of esters is 1. The molecule has 0 bridgehead atoms. The van der Waals surface area contributed by atoms with Crippen molar-refractivity contribution in [3.8, 4) is 0 Å². The summed E-state index contributed by atoms with van der Waals surface area (Å²) in [4.78, 5) is 70.9. The Morgan fingerprint density at radius 1 is 0.514 bits per heavy atom. The summed E-state index contributed by atoms with van der Waals surface area (Å²) in [5, 5.41) is 115. The number of aromatic nitrogens is 17. The number of Topliss-reactive ketones (excluding diaryl/α,β-unsaturated/α-hetero) is 1. The van der Waals surface area contributed by atoms with Gasteiger partial charge in [-0.15, -0.1) is 25.5 Å². The van der Waals surface area contributed by atoms with Gasteiger partial charge in [0.15, 0.2) is 27.3 Å². The van der Waals surface area contributed by atoms with E-state index < -0.39 is 33.2 Å². The number of hydrogen-bond donors (Lipinski definition) is 19. The van der Waals surface area contributed by atoms with Gasteiger partial charge in [-0.2, -0.15) is 25.8 Å². The molecule has 2 aromatic carbocycles. The number of aryl methyl sites for hydroxylation is 2. The van der Waals surface area contributed by atoms with Gasteiger partial charge in [-0.1, -0.05) is 33.2 Å². The van der Waals surface area contributed by atoms with E-state index in [9.17, 15) is 37.2 Å². The number of carboxylic acids is 3. The Kier molecular flexibility index (Phi) is 58.4. The summed E-state index contributed by atoms with van der Waals surface area (Å²) in [6.45, 7) is 85.7. The van der Waals surface area contributed by atoms with Gasteiger partial charge in [-0.3, -0.25) is 34.0 Å². The van der Waals surface area contributed by atoms with E-state index in [0.29, 0.717) is 42.4 Å². The van der Waals surface area contributed by atoms with Crippen LogP contribution in [0, 0.1) is 18.3 Å². The van der Waals surface area contributed by atoms with Gasteiger partial charge >= 0.3 is 23.9 Å². The second-order valence-corrected chi connectivity index (χ2v) is 50.6. The van der Waals surface area contributed by atoms with Crippen molar-refractivity contribution in [2.75, 3.05) is 73.2 Å². The minimum Gasteiger partial charge on any atom is -0.481 e. The van der Waals surface area contributed by atoms with E-state index in [4.69, 9.17) is 15.3 Å². The summed E-state index contributed by atoms with van der Waals surface area (Å²) in [5.74, 6) is -0.368. The van der Waals surface area contributed by atoms with Crippen LogP contribution in [-0.4, -0.2) is 287 Å². The minimum atomic E-state index is -3.14. The highest BCUT2D eigenvalue weighted by Crippen LogP contribution is 2.30. The van der Waals surface area contributed by atoms with Gasteiger partial charge in [0.1, 0.15) is 18.1 Å². The number of anilines is 5. The Morgan fingerprint density at radius 3 is 1.29 bits per heavy atom. The van der Waals surface area contributed by atoms with Crippen LogP contribution in [0.25, 0.3) is 0 Å². The van der Waals surface area contributed by atoms with Crippen molar-refractivity contribution in [2.24, 2.45) is 18.4 Å². The van der Waals surface area contributed by atoms with E-state index in [1.54, 1.807) is 68.7 Å². The van der Waals surface area contributed by atoms with Crippen molar-refractivity contribution < 1.29 is 57.2 Å². The van der Waals surface area contributed by atoms with E-state index in [1.807, 2.05) is 130 Å². The molecular formula is C99H190N30O12S. The van der Waals surface area contributed by atoms with Crippen molar-refractivity contribution in [2.45, 2.75) is 412 Å². The molecule has 0 spiro atoms. The lowest BCUT2D eigenvalue weighted by Gasteiger charge is -2.38. The molecule has 2 unspecified atom stereocenters. The Balaban J connectivity index is -0.00000149. The highest BCUT2D eigenvalue weighted by molar-refractivity contribution is 7.93. The van der Waals surface area contributed by atoms with Crippen LogP contribution in [0.5, 0.6) is 0 Å². The minimum absolute atomic E-state index is 0.00884. The fourth-order valence-corrected chi connectivity index (χ4v) is 12.6. The quantitative estimate of drug-likeness (QED) is 0.0236. The van der Waals surface area contributed by atoms with E-state index in [1.165, 1.54) is 24.7 Å². The zero-order chi connectivity index (χ0) is 111. The number of aliphatic carboxylic acids is 2. The lowest BCUT2D eigenvalue weighted by molar-refractivity contribution is -0.147. The summed E-state index contributed by atoms with van der Waals surface area (Å²) >= 11 is 0. The number of sulfone groups is 1. The molecule has 142 heavy (non-hydrogen) atoms. The number of carboxylic acid groups (broad SMARTS) is 3. The highest BCUT2D eigenvalue weighted by Gasteiger charge is 2.38. The molecule has 2 atom stereocenters. The topological polar surface area (TPSA) is 577 Å². The Labute approximate surface area is 850 Å². The third-order valence-corrected chi connectivity index (χ3v) is 19.6. The lowest BCUT2D eigenvalue weighted by Crippen LogP contribution is -2.51. The molecule has 5 heterocycles. The Bertz CT molecular complexity index is 4640. The van der Waals surface area contributed by atoms with Crippen LogP contribution < -0.4 is 63.8 Å². The van der Waals surface area contributed by atoms with Crippen molar-refractivity contribution in [3.63, 3.8) is 0 Å². The molecule has 2 fully saturated rings. The molecule has 2 aliphatic carbocycles. The normalized spacial score (nSPS) is 14.3. The summed E-state index contributed by atoms with van der Waals surface area (Å²) < 4.78 is 29.3. The molecule has 2 saturated carbocycles. The number of amides is 1. The number of hydrogen-bond acceptors (Lipinski definition) is 33. The number of nitrogens with one attached hydrogen (secondary N) is 16. The molecule has 2 aliphatic rings. The maximum Gasteiger partial charge on any atom is 0.335 e. The van der Waals surface area contributed by atoms with Crippen molar-refractivity contribution >= 4 is 74.4 Å². The van der Waals surface area contributed by atoms with Crippen molar-refractivity contribution in [1.82, 2.24) is 129 Å². The summed E-state index contributed by atoms with van der Waals surface area (Å²) in [5.41, 5.74) is 4.53. The zero-order valence-electron chi connectivity index (χ0n) is 95.0. The summed E-state index contributed by atoms with van der Waals surface area (Å²) in [6.07, 6.45) is 9.10. The predicted octanol–water partition coefficient (Wildman–Crippen LogP) is 14.1. The summed E-state index contributed by atoms with van der Waals surface area (Å²) in [7, 11) is 3.69. The fraction of sp³-hybridized carbons (Fsp3) is 0.737. The first-order valence-electron chi connectivity index (χ1n) is 48.1. The molecule has 0 saturated heterocycles. The lowest BCUT2D eigenvalue weighted by atomic mass is 9.79. The van der Waals surface area contributed by atoms with Crippen LogP contribution in [0.2, 0.25) is 0 Å². The first-order chi connectivity index (χ1) is 64.0. The molecule has 814 valence electrons. The molecule has 1 amide bonds. The number of benzene rings is 2. The molecule has 0 radical (unpaired) electrons. The Morgan fingerprint density at radius 2 is 0.944 bits per heavy atom. The molecule has 0 aliphatic heterocycles. The monoisotopic (exact) mass is 2020 g/mol. The van der Waals surface area contributed by atoms with Crippen molar-refractivity contribution in [3.05, 3.63) is 90.0 Å². The van der Waals surface area contributed by atoms with E-state index in [-0.39, 0.29) is 120 Å². The number of ether oxygens (including phenoxy) is 1. The van der Waals surface area contributed by atoms with E-state index in [0.717, 1.165) is 55.8 Å². The first-order valence-corrected chi connectivity index (χ1v) is 49.8. The van der Waals surface area contributed by atoms with Gasteiger partial charge in [-0.25, -0.2) is 23.3 Å². The van der Waals surface area contributed by atoms with Gasteiger partial charge in [0.05, 0.1) is 60.3 Å². The molecule has 5 aromatic heterocycles. The number of aromatic carboxylic acids is 1. The largest absolute Gasteiger partial charge is 0.481 e. The maximum atomic E-state index is 11.5. The number of methoxy groups -OCH3 is 1. The van der Waals surface area contributed by atoms with Crippen LogP contribution in [0.3, 0.4) is 0 Å². The van der Waals surface area contributed by atoms with E-state index in [2.05, 4.69) is 327 Å². The average Bonchev–Trinajstić information content (AvgIpc) is 1.71. The number of aromatic amines is 4. The van der Waals surface area contributed by atoms with Crippen LogP contribution in [0.15, 0.2) is 67.3 Å². The number of H-pyrrole nitrogens is 4. The number of likely N-dealkylation sites (N-methyl/N-ethyl adjacent to an activating group) is 1. The number of rotatable bonds is 25. The highest BCUT2D eigenvalue weighted by atomic mass is 32.2. The number of carbonyl (C=O) groups is 6. The number of ketones is 1. The second kappa shape index (κ2) is 61.1. The van der Waals surface area contributed by atoms with Crippen LogP contribution in [0.4, 0.5) is 29.0 Å². The third kappa shape index (κ3) is 81.1. The SMILES string of the molecule is CC(C)(C)NC1CC(C(=O)O)C1.CC(C)(C)NCC(=O)CS(=O)(=O)C1CC1.CC(C)(C)NCC(C)(C)C(=O)O.CC(C)(C)NCCc1nn[nH]n1.CC(C)(C)NCc1nn[nH]n1.CC(C)(C)Nc1ccc(C(=O)O)cc1.CC(C)(C)Nc1ncn[nH]1.CC(C)(C)Nc1nn[nH]n1.CC(NC(C)(C)C)C(=O)N(C)C.COC(=O)C(C)NC(C)(C)C.Cc1ccc(NC(C)(C)C)cc1.Cn1cc(NC(C)(C)C)cn1. The van der Waals surface area contributed by atoms with Gasteiger partial charge in [0, 0.05) is 131 Å². The molecule has 43 heteroatoms. The molecular weight excluding hydrogens is 1830 g/mol. The first kappa shape index (κ1) is 136. The van der Waals surface area contributed by atoms with Crippen LogP contribution >= 0.6 is 0 Å². The molecule has 9 rings (SSSR count). The van der Waals surface area contributed by atoms with Crippen molar-refractivity contribution in [1.29, 1.82) is 0 Å². The second-order valence-electron chi connectivity index (χ2n) is 48.3. The van der Waals surface area contributed by atoms with Crippen LogP contribution in [0.1, 0.15) is 330 Å². The fourth-order valence-electron chi connectivity index (χ4n) is 11.0. The predicted molar refractivity (Wildman–Crippen MR) is 573 cm³/mol. The summed E-state index contributed by atoms with van der Waals surface area (Å²) in [6, 6.07) is 15.3. The third-order valence-electron chi connectivity index (χ3n) is 17.4. The van der Waals surface area contributed by atoms with Gasteiger partial charge in [-0.05, 0) is 351 Å². The molecule has 42 nitrogen and oxygen atoms in total. The average molecular weight is 2020 g/mol. The van der Waals surface area contributed by atoms with Crippen LogP contribution in [-0.2, 0) is 58.6 Å². The Hall–Kier alpha value is -10.3. The number of tetrazole rings is 3. The maximum absolute atomic E-state index is 11.5. The van der Waals surface area contributed by atoms with E-state index >= 15 is 0 Å². The zero-order valence-corrected chi connectivity index (χ0v) is 95.8. The standard InChI is InChI=1S/C11H15NO2.C11H17N.C10H19NO3S.C9H20N2O.C9H17NO2.C9H19NO2.C8H15N3.C8H17NO2.C7H15N5.C6H13N5.C6H12N4.C5H11N5/c1-11(2,3)12-9-6-4-8(5-7-9)10(13)14;1-9-5-7-10(8-6-9)12-11(2,3)4;1-10(2,3)11-6-8(12)7-15(13,14)9-4-5-9;1-7(8(12)11(5)6)10-9(2,3)4;1-9(2,3)10-7-4-6(5-7)8(11)12;1-8(2,3)10-6-9(4,5)7(11)12;1-8(2,3)10-7-5-9-11(4)6-7;1-6(7(10)11-5)9-8(2,3)4;1-7(2,3)8-5-4-6-9-11-12-10-6;1-6(2,3)7-4-5-8-10-11-9-5;1-6(2,3)9-5-7-4-8-10-5;1-5(2,3)6-4-7-9-10-8-4/h4-7,12H,1-3H3,(H,13,14);5-8,12H,1-4H3;9,11H,4-7H2,1-3H3;7,10H,1-6H3;6-7,10H,4-5H2,1-3H3,(H,11,12);10H,6H2,1-5H3,(H,11,12);5-6,10H,1-4H3;6,9H,1-5H3;8H,4-5H2,1-3H3,(H,9,10,11,12);7H,4H2,1-3H3,(H,8,9,10,11);4H,1-3H3,(H2,7,8,9,10);1-3H3,(H2,6,7,8,9,10). The number of carbonyl (C=O) groups excluding carboxylic acids is 3. The number of nitrogens with zero attached hydrogens (tertiary/aromatic N) is 14. The smallest absolute Gasteiger partial charge is 0.335 e. The van der Waals surface area contributed by atoms with Gasteiger partial charge < -0.3 is 83.4 Å². The van der Waals surface area contributed by atoms with Gasteiger partial charge in [0.2, 0.25) is 11.9 Å². The van der Waals surface area contributed by atoms with Gasteiger partial charge in [0.25, 0.3) is 5.95 Å². The molecule has 19 N–H and O–H groups in total.